The lowest BCUT2D eigenvalue weighted by atomic mass is 10.1. The van der Waals surface area contributed by atoms with E-state index in [0.29, 0.717) is 29.2 Å². The van der Waals surface area contributed by atoms with Crippen molar-refractivity contribution in [2.24, 2.45) is 0 Å². The van der Waals surface area contributed by atoms with Crippen molar-refractivity contribution < 1.29 is 28.6 Å². The van der Waals surface area contributed by atoms with E-state index in [2.05, 4.69) is 0 Å². The highest BCUT2D eigenvalue weighted by Crippen LogP contribution is 2.22. The van der Waals surface area contributed by atoms with Crippen LogP contribution in [0.1, 0.15) is 26.3 Å². The van der Waals surface area contributed by atoms with Gasteiger partial charge < -0.3 is 14.2 Å². The molecule has 2 amide bonds. The van der Waals surface area contributed by atoms with Crippen molar-refractivity contribution in [3.05, 3.63) is 95.6 Å². The Labute approximate surface area is 178 Å². The Morgan fingerprint density at radius 2 is 1.26 bits per heavy atom. The Morgan fingerprint density at radius 1 is 0.710 bits per heavy atom. The summed E-state index contributed by atoms with van der Waals surface area (Å²) in [4.78, 5) is 37.3. The summed E-state index contributed by atoms with van der Waals surface area (Å²) in [5, 5.41) is 0. The van der Waals surface area contributed by atoms with E-state index in [1.54, 1.807) is 48.5 Å². The molecule has 3 aromatic carbocycles. The second kappa shape index (κ2) is 9.13. The number of amides is 2. The van der Waals surface area contributed by atoms with Crippen molar-refractivity contribution in [3.8, 4) is 11.5 Å². The van der Waals surface area contributed by atoms with Crippen LogP contribution in [0.5, 0.6) is 11.5 Å². The van der Waals surface area contributed by atoms with Crippen molar-refractivity contribution >= 4 is 17.8 Å². The number of hydrogen-bond acceptors (Lipinski definition) is 6. The summed E-state index contributed by atoms with van der Waals surface area (Å²) >= 11 is 0. The minimum absolute atomic E-state index is 0.300. The molecular formula is C24H19NO6. The van der Waals surface area contributed by atoms with Crippen LogP contribution in [0.2, 0.25) is 0 Å². The maximum atomic E-state index is 12.2. The van der Waals surface area contributed by atoms with Gasteiger partial charge in [0, 0.05) is 0 Å². The molecule has 156 valence electrons. The SMILES string of the molecule is O=C(COc1ccc(OCc2ccccc2)cc1)OCN1C(=O)c2ccccc2C1=O. The van der Waals surface area contributed by atoms with Crippen LogP contribution in [-0.4, -0.2) is 36.0 Å². The molecule has 0 bridgehead atoms. The average molecular weight is 417 g/mol. The zero-order valence-corrected chi connectivity index (χ0v) is 16.5. The standard InChI is InChI=1S/C24H19NO6/c26-22(31-16-25-23(27)20-8-4-5-9-21(20)24(25)28)15-30-19-12-10-18(11-13-19)29-14-17-6-2-1-3-7-17/h1-13H,14-16H2. The smallest absolute Gasteiger partial charge is 0.345 e. The number of fused-ring (bicyclic) bond motifs is 1. The first kappa shape index (κ1) is 20.2. The molecule has 0 saturated heterocycles. The first-order valence-electron chi connectivity index (χ1n) is 9.62. The second-order valence-corrected chi connectivity index (χ2v) is 6.76. The van der Waals surface area contributed by atoms with Gasteiger partial charge in [-0.15, -0.1) is 0 Å². The number of imide groups is 1. The van der Waals surface area contributed by atoms with Crippen LogP contribution < -0.4 is 9.47 Å². The van der Waals surface area contributed by atoms with Crippen molar-refractivity contribution in [3.63, 3.8) is 0 Å². The lowest BCUT2D eigenvalue weighted by Crippen LogP contribution is -2.34. The van der Waals surface area contributed by atoms with E-state index in [9.17, 15) is 14.4 Å². The topological polar surface area (TPSA) is 82.1 Å². The third kappa shape index (κ3) is 4.72. The highest BCUT2D eigenvalue weighted by atomic mass is 16.6. The lowest BCUT2D eigenvalue weighted by molar-refractivity contribution is -0.148. The van der Waals surface area contributed by atoms with Crippen LogP contribution >= 0.6 is 0 Å². The fraction of sp³-hybridized carbons (Fsp3) is 0.125. The van der Waals surface area contributed by atoms with E-state index < -0.39 is 24.5 Å². The second-order valence-electron chi connectivity index (χ2n) is 6.76. The number of benzene rings is 3. The summed E-state index contributed by atoms with van der Waals surface area (Å²) in [6, 6.07) is 23.1. The van der Waals surface area contributed by atoms with Crippen LogP contribution in [-0.2, 0) is 16.1 Å². The quantitative estimate of drug-likeness (QED) is 0.413. The summed E-state index contributed by atoms with van der Waals surface area (Å²) in [6.45, 7) is -0.362. The molecule has 0 saturated carbocycles. The summed E-state index contributed by atoms with van der Waals surface area (Å²) in [5.41, 5.74) is 1.66. The maximum absolute atomic E-state index is 12.2. The molecule has 0 aromatic heterocycles. The normalized spacial score (nSPS) is 12.5. The number of carbonyl (C=O) groups is 3. The Balaban J connectivity index is 1.22. The van der Waals surface area contributed by atoms with Gasteiger partial charge in [-0.25, -0.2) is 9.69 Å². The number of esters is 1. The number of ether oxygens (including phenoxy) is 3. The largest absolute Gasteiger partial charge is 0.489 e. The molecule has 4 rings (SSSR count). The van der Waals surface area contributed by atoms with E-state index in [4.69, 9.17) is 14.2 Å². The van der Waals surface area contributed by atoms with Crippen LogP contribution in [0, 0.1) is 0 Å². The van der Waals surface area contributed by atoms with Gasteiger partial charge in [-0.3, -0.25) is 9.59 Å². The Bertz CT molecular complexity index is 1060. The van der Waals surface area contributed by atoms with Crippen LogP contribution in [0.25, 0.3) is 0 Å². The summed E-state index contributed by atoms with van der Waals surface area (Å²) in [7, 11) is 0. The monoisotopic (exact) mass is 417 g/mol. The third-order valence-corrected chi connectivity index (χ3v) is 4.66. The van der Waals surface area contributed by atoms with E-state index in [-0.39, 0.29) is 6.61 Å². The molecule has 31 heavy (non-hydrogen) atoms. The zero-order chi connectivity index (χ0) is 21.6. The van der Waals surface area contributed by atoms with E-state index in [0.717, 1.165) is 10.5 Å². The highest BCUT2D eigenvalue weighted by molar-refractivity contribution is 6.21. The van der Waals surface area contributed by atoms with Crippen LogP contribution in [0.4, 0.5) is 0 Å². The molecule has 7 nitrogen and oxygen atoms in total. The summed E-state index contributed by atoms with van der Waals surface area (Å²) in [6.07, 6.45) is 0. The number of rotatable bonds is 8. The van der Waals surface area contributed by atoms with Gasteiger partial charge in [-0.1, -0.05) is 42.5 Å². The summed E-state index contributed by atoms with van der Waals surface area (Å²) < 4.78 is 16.1. The molecule has 0 fully saturated rings. The maximum Gasteiger partial charge on any atom is 0.345 e. The molecule has 1 aliphatic heterocycles. The minimum atomic E-state index is -0.694. The first-order chi connectivity index (χ1) is 15.1. The van der Waals surface area contributed by atoms with Crippen molar-refractivity contribution in [2.45, 2.75) is 6.61 Å². The van der Waals surface area contributed by atoms with Gasteiger partial charge >= 0.3 is 5.97 Å². The van der Waals surface area contributed by atoms with Gasteiger partial charge in [0.25, 0.3) is 11.8 Å². The van der Waals surface area contributed by atoms with Gasteiger partial charge in [0.15, 0.2) is 13.3 Å². The van der Waals surface area contributed by atoms with E-state index >= 15 is 0 Å². The molecular weight excluding hydrogens is 398 g/mol. The van der Waals surface area contributed by atoms with Gasteiger partial charge in [-0.2, -0.15) is 0 Å². The number of hydrogen-bond donors (Lipinski definition) is 0. The minimum Gasteiger partial charge on any atom is -0.489 e. The molecule has 3 aromatic rings. The van der Waals surface area contributed by atoms with Crippen LogP contribution in [0.3, 0.4) is 0 Å². The van der Waals surface area contributed by atoms with E-state index in [1.807, 2.05) is 30.3 Å². The van der Waals surface area contributed by atoms with Crippen molar-refractivity contribution in [2.75, 3.05) is 13.3 Å². The van der Waals surface area contributed by atoms with Gasteiger partial charge in [0.1, 0.15) is 18.1 Å². The Morgan fingerprint density at radius 3 is 1.87 bits per heavy atom. The molecule has 1 aliphatic rings. The van der Waals surface area contributed by atoms with Gasteiger partial charge in [0.05, 0.1) is 11.1 Å². The number of carbonyl (C=O) groups excluding carboxylic acids is 3. The average Bonchev–Trinajstić information content (AvgIpc) is 3.06. The van der Waals surface area contributed by atoms with Crippen molar-refractivity contribution in [1.29, 1.82) is 0 Å². The van der Waals surface area contributed by atoms with Crippen molar-refractivity contribution in [1.82, 2.24) is 4.90 Å². The molecule has 0 radical (unpaired) electrons. The fourth-order valence-electron chi connectivity index (χ4n) is 3.05. The number of nitrogens with zero attached hydrogens (tertiary/aromatic N) is 1. The van der Waals surface area contributed by atoms with E-state index in [1.165, 1.54) is 0 Å². The Hall–Kier alpha value is -4.13. The predicted molar refractivity (Wildman–Crippen MR) is 111 cm³/mol. The molecule has 0 unspecified atom stereocenters. The molecule has 0 atom stereocenters. The highest BCUT2D eigenvalue weighted by Gasteiger charge is 2.35. The molecule has 1 heterocycles. The van der Waals surface area contributed by atoms with Crippen LogP contribution in [0.15, 0.2) is 78.9 Å². The first-order valence-corrected chi connectivity index (χ1v) is 9.62. The predicted octanol–water partition coefficient (Wildman–Crippen LogP) is 3.44. The Kier molecular flexibility index (Phi) is 5.93. The molecule has 0 aliphatic carbocycles. The summed E-state index contributed by atoms with van der Waals surface area (Å²) in [5.74, 6) is -0.532. The van der Waals surface area contributed by atoms with Gasteiger partial charge in [-0.05, 0) is 42.0 Å². The third-order valence-electron chi connectivity index (χ3n) is 4.66. The molecule has 0 spiro atoms. The molecule has 0 N–H and O–H groups in total. The molecule has 7 heteroatoms. The fourth-order valence-corrected chi connectivity index (χ4v) is 3.05. The zero-order valence-electron chi connectivity index (χ0n) is 16.5. The lowest BCUT2D eigenvalue weighted by Gasteiger charge is -2.14. The van der Waals surface area contributed by atoms with Gasteiger partial charge in [0.2, 0.25) is 0 Å².